The molecule has 1 aromatic rings. The van der Waals surface area contributed by atoms with E-state index in [1.807, 2.05) is 20.8 Å². The number of amides is 1. The van der Waals surface area contributed by atoms with Crippen molar-refractivity contribution in [3.63, 3.8) is 0 Å². The Morgan fingerprint density at radius 1 is 1.30 bits per heavy atom. The number of carbonyl (C=O) groups is 2. The fourth-order valence-corrected chi connectivity index (χ4v) is 4.63. The number of carboxylic acids is 1. The van der Waals surface area contributed by atoms with E-state index >= 15 is 0 Å². The summed E-state index contributed by atoms with van der Waals surface area (Å²) in [4.78, 5) is 23.5. The van der Waals surface area contributed by atoms with E-state index in [0.717, 1.165) is 25.9 Å². The Morgan fingerprint density at radius 2 is 2.00 bits per heavy atom. The Balaban J connectivity index is 0.00000265. The normalized spacial score (nSPS) is 15.2. The van der Waals surface area contributed by atoms with Gasteiger partial charge in [-0.25, -0.2) is 8.42 Å². The predicted molar refractivity (Wildman–Crippen MR) is 124 cm³/mol. The van der Waals surface area contributed by atoms with E-state index in [-0.39, 0.29) is 17.4 Å². The topological polar surface area (TPSA) is 160 Å². The number of aliphatic carboxylic acids is 1. The number of rotatable bonds is 14. The van der Waals surface area contributed by atoms with Crippen molar-refractivity contribution < 1.29 is 32.4 Å². The lowest BCUT2D eigenvalue weighted by molar-refractivity contribution is -0.138. The SMILES string of the molecule is CC.CCCCS(=O)(=O)NC(CNC(=O)c1cc(OCCCC2CCNCC2)no1)C(=O)O. The van der Waals surface area contributed by atoms with Gasteiger partial charge in [0.05, 0.1) is 18.4 Å². The van der Waals surface area contributed by atoms with E-state index in [2.05, 4.69) is 20.5 Å². The fourth-order valence-electron chi connectivity index (χ4n) is 3.22. The number of unbranched alkanes of at least 4 members (excludes halogenated alkanes) is 1. The molecule has 0 spiro atoms. The molecule has 1 aliphatic heterocycles. The molecule has 2 rings (SSSR count). The quantitative estimate of drug-likeness (QED) is 0.285. The van der Waals surface area contributed by atoms with Crippen LogP contribution in [0.5, 0.6) is 5.88 Å². The zero-order valence-corrected chi connectivity index (χ0v) is 20.6. The average molecular weight is 491 g/mol. The molecule has 1 amide bonds. The average Bonchev–Trinajstić information content (AvgIpc) is 3.29. The highest BCUT2D eigenvalue weighted by Gasteiger charge is 2.25. The predicted octanol–water partition coefficient (Wildman–Crippen LogP) is 1.76. The Labute approximate surface area is 196 Å². The van der Waals surface area contributed by atoms with Gasteiger partial charge in [-0.05, 0) is 56.3 Å². The minimum Gasteiger partial charge on any atom is -0.480 e. The first-order valence-corrected chi connectivity index (χ1v) is 13.3. The van der Waals surface area contributed by atoms with Crippen molar-refractivity contribution in [1.82, 2.24) is 20.5 Å². The van der Waals surface area contributed by atoms with E-state index in [0.29, 0.717) is 25.4 Å². The molecule has 1 fully saturated rings. The van der Waals surface area contributed by atoms with E-state index in [1.165, 1.54) is 18.9 Å². The number of nitrogens with one attached hydrogen (secondary N) is 3. The highest BCUT2D eigenvalue weighted by molar-refractivity contribution is 7.89. The largest absolute Gasteiger partial charge is 0.480 e. The van der Waals surface area contributed by atoms with Gasteiger partial charge < -0.3 is 25.0 Å². The molecule has 33 heavy (non-hydrogen) atoms. The smallest absolute Gasteiger partial charge is 0.323 e. The van der Waals surface area contributed by atoms with Gasteiger partial charge in [-0.15, -0.1) is 0 Å². The van der Waals surface area contributed by atoms with Crippen LogP contribution in [0.15, 0.2) is 10.6 Å². The Morgan fingerprint density at radius 3 is 2.64 bits per heavy atom. The number of hydrogen-bond donors (Lipinski definition) is 4. The van der Waals surface area contributed by atoms with Crippen molar-refractivity contribution in [2.75, 3.05) is 32.0 Å². The number of carbonyl (C=O) groups excluding carboxylic acids is 1. The van der Waals surface area contributed by atoms with Crippen LogP contribution in [0.1, 0.15) is 69.9 Å². The molecule has 2 heterocycles. The van der Waals surface area contributed by atoms with E-state index in [1.54, 1.807) is 0 Å². The third-order valence-electron chi connectivity index (χ3n) is 5.03. The lowest BCUT2D eigenvalue weighted by Crippen LogP contribution is -2.48. The first kappa shape index (κ1) is 28.9. The van der Waals surface area contributed by atoms with Crippen LogP contribution in [0.4, 0.5) is 0 Å². The molecule has 1 atom stereocenters. The zero-order valence-electron chi connectivity index (χ0n) is 19.8. The van der Waals surface area contributed by atoms with Crippen molar-refractivity contribution in [2.24, 2.45) is 5.92 Å². The number of piperidine rings is 1. The minimum absolute atomic E-state index is 0.147. The second-order valence-corrected chi connectivity index (χ2v) is 9.48. The third-order valence-corrected chi connectivity index (χ3v) is 6.50. The van der Waals surface area contributed by atoms with Crippen LogP contribution in [0.3, 0.4) is 0 Å². The number of sulfonamides is 1. The second kappa shape index (κ2) is 15.6. The van der Waals surface area contributed by atoms with Gasteiger partial charge in [0.1, 0.15) is 6.04 Å². The molecule has 12 heteroatoms. The summed E-state index contributed by atoms with van der Waals surface area (Å²) < 4.78 is 36.4. The Hall–Kier alpha value is -2.18. The fraction of sp³-hybridized carbons (Fsp3) is 0.762. The number of nitrogens with zero attached hydrogens (tertiary/aromatic N) is 1. The summed E-state index contributed by atoms with van der Waals surface area (Å²) in [6, 6.07) is -0.166. The molecular formula is C21H38N4O7S. The van der Waals surface area contributed by atoms with Crippen molar-refractivity contribution in [2.45, 2.75) is 65.3 Å². The molecule has 0 saturated carbocycles. The van der Waals surface area contributed by atoms with Gasteiger partial charge in [-0.2, -0.15) is 4.72 Å². The van der Waals surface area contributed by atoms with Crippen LogP contribution in [0.25, 0.3) is 0 Å². The van der Waals surface area contributed by atoms with Crippen molar-refractivity contribution in [3.05, 3.63) is 11.8 Å². The van der Waals surface area contributed by atoms with Gasteiger partial charge in [0.25, 0.3) is 11.8 Å². The molecule has 1 aromatic heterocycles. The molecule has 0 bridgehead atoms. The first-order valence-electron chi connectivity index (χ1n) is 11.6. The van der Waals surface area contributed by atoms with Crippen LogP contribution in [-0.4, -0.2) is 68.6 Å². The highest BCUT2D eigenvalue weighted by Crippen LogP contribution is 2.18. The lowest BCUT2D eigenvalue weighted by Gasteiger charge is -2.22. The van der Waals surface area contributed by atoms with Gasteiger partial charge in [0.2, 0.25) is 15.8 Å². The van der Waals surface area contributed by atoms with Gasteiger partial charge >= 0.3 is 5.97 Å². The molecule has 0 aromatic carbocycles. The van der Waals surface area contributed by atoms with Crippen LogP contribution in [0, 0.1) is 5.92 Å². The summed E-state index contributed by atoms with van der Waals surface area (Å²) in [5, 5.41) is 18.6. The van der Waals surface area contributed by atoms with Crippen LogP contribution in [0.2, 0.25) is 0 Å². The maximum Gasteiger partial charge on any atom is 0.323 e. The zero-order chi connectivity index (χ0) is 24.7. The Bertz CT molecular complexity index is 807. The second-order valence-electron chi connectivity index (χ2n) is 7.60. The molecule has 0 aliphatic carbocycles. The molecule has 190 valence electrons. The molecule has 4 N–H and O–H groups in total. The molecule has 1 aliphatic rings. The van der Waals surface area contributed by atoms with E-state index < -0.39 is 34.5 Å². The molecule has 1 unspecified atom stereocenters. The van der Waals surface area contributed by atoms with Gasteiger partial charge in [-0.3, -0.25) is 9.59 Å². The molecule has 0 radical (unpaired) electrons. The van der Waals surface area contributed by atoms with E-state index in [4.69, 9.17) is 9.26 Å². The number of hydrogen-bond acceptors (Lipinski definition) is 8. The summed E-state index contributed by atoms with van der Waals surface area (Å²) in [6.07, 6.45) is 5.34. The lowest BCUT2D eigenvalue weighted by atomic mass is 9.93. The third kappa shape index (κ3) is 11.5. The highest BCUT2D eigenvalue weighted by atomic mass is 32.2. The van der Waals surface area contributed by atoms with Gasteiger partial charge in [0, 0.05) is 6.54 Å². The summed E-state index contributed by atoms with van der Waals surface area (Å²) in [5.74, 6) is -1.56. The van der Waals surface area contributed by atoms with Crippen molar-refractivity contribution in [1.29, 1.82) is 0 Å². The summed E-state index contributed by atoms with van der Waals surface area (Å²) >= 11 is 0. The number of ether oxygens (including phenoxy) is 1. The van der Waals surface area contributed by atoms with Crippen molar-refractivity contribution >= 4 is 21.9 Å². The standard InChI is InChI=1S/C19H32N4O7S.C2H6/c1-2-3-11-31(27,28)23-15(19(25)26)13-21-18(24)16-12-17(22-30-16)29-10-4-5-14-6-8-20-9-7-14;1-2/h12,14-15,20,23H,2-11,13H2,1H3,(H,21,24)(H,25,26);1-2H3. The first-order chi connectivity index (χ1) is 15.8. The van der Waals surface area contributed by atoms with Crippen LogP contribution < -0.4 is 20.1 Å². The van der Waals surface area contributed by atoms with Crippen LogP contribution in [-0.2, 0) is 14.8 Å². The molecule has 1 saturated heterocycles. The minimum atomic E-state index is -3.76. The molecule has 11 nitrogen and oxygen atoms in total. The monoisotopic (exact) mass is 490 g/mol. The Kier molecular flexibility index (Phi) is 13.7. The van der Waals surface area contributed by atoms with Gasteiger partial charge in [0.15, 0.2) is 0 Å². The maximum absolute atomic E-state index is 12.2. The van der Waals surface area contributed by atoms with Gasteiger partial charge in [-0.1, -0.05) is 27.2 Å². The van der Waals surface area contributed by atoms with Crippen molar-refractivity contribution in [3.8, 4) is 5.88 Å². The van der Waals surface area contributed by atoms with E-state index in [9.17, 15) is 23.1 Å². The number of carboxylic acid groups (broad SMARTS) is 1. The summed E-state index contributed by atoms with van der Waals surface area (Å²) in [6.45, 7) is 7.95. The van der Waals surface area contributed by atoms with Crippen LogP contribution >= 0.6 is 0 Å². The molecular weight excluding hydrogens is 452 g/mol. The maximum atomic E-state index is 12.2. The summed E-state index contributed by atoms with van der Waals surface area (Å²) in [5.41, 5.74) is 0. The number of aromatic nitrogens is 1. The summed E-state index contributed by atoms with van der Waals surface area (Å²) in [7, 11) is -3.76.